The monoisotopic (exact) mass is 224 g/mol. The van der Waals surface area contributed by atoms with Crippen molar-refractivity contribution in [1.82, 2.24) is 10.1 Å². The Labute approximate surface area is 93.8 Å². The maximum atomic E-state index is 9.83. The maximum absolute atomic E-state index is 9.83. The van der Waals surface area contributed by atoms with E-state index in [0.29, 0.717) is 37.4 Å². The van der Waals surface area contributed by atoms with Gasteiger partial charge in [-0.3, -0.25) is 0 Å². The molecule has 4 unspecified atom stereocenters. The Morgan fingerprint density at radius 2 is 2.19 bits per heavy atom. The SMILES string of the molecule is CC1CC1c1noc(C2COCCC2O)n1. The normalized spacial score (nSPS) is 38.6. The van der Waals surface area contributed by atoms with Crippen LogP contribution in [0.15, 0.2) is 4.52 Å². The first-order valence-electron chi connectivity index (χ1n) is 5.85. The number of aliphatic hydroxyl groups is 1. The number of aromatic nitrogens is 2. The van der Waals surface area contributed by atoms with Crippen LogP contribution in [-0.4, -0.2) is 34.6 Å². The molecule has 3 rings (SSSR count). The predicted molar refractivity (Wildman–Crippen MR) is 55.0 cm³/mol. The summed E-state index contributed by atoms with van der Waals surface area (Å²) in [5.41, 5.74) is 0. The third kappa shape index (κ3) is 1.74. The van der Waals surface area contributed by atoms with Gasteiger partial charge in [-0.2, -0.15) is 4.98 Å². The van der Waals surface area contributed by atoms with E-state index in [1.54, 1.807) is 0 Å². The first-order valence-corrected chi connectivity index (χ1v) is 5.85. The lowest BCUT2D eigenvalue weighted by Gasteiger charge is -2.24. The Morgan fingerprint density at radius 3 is 2.88 bits per heavy atom. The van der Waals surface area contributed by atoms with Crippen molar-refractivity contribution in [2.75, 3.05) is 13.2 Å². The molecule has 1 aromatic rings. The third-order valence-electron chi connectivity index (χ3n) is 3.54. The van der Waals surface area contributed by atoms with Gasteiger partial charge in [0.15, 0.2) is 5.82 Å². The van der Waals surface area contributed by atoms with Gasteiger partial charge in [-0.25, -0.2) is 0 Å². The Bertz CT molecular complexity index is 379. The molecular weight excluding hydrogens is 208 g/mol. The van der Waals surface area contributed by atoms with Gasteiger partial charge in [0.05, 0.1) is 18.6 Å². The summed E-state index contributed by atoms with van der Waals surface area (Å²) in [7, 11) is 0. The van der Waals surface area contributed by atoms with Gasteiger partial charge in [0.25, 0.3) is 0 Å². The highest BCUT2D eigenvalue weighted by Gasteiger charge is 2.39. The number of hydrogen-bond donors (Lipinski definition) is 1. The van der Waals surface area contributed by atoms with E-state index >= 15 is 0 Å². The van der Waals surface area contributed by atoms with E-state index < -0.39 is 6.10 Å². The fourth-order valence-electron chi connectivity index (χ4n) is 2.19. The van der Waals surface area contributed by atoms with Crippen LogP contribution in [0.2, 0.25) is 0 Å². The van der Waals surface area contributed by atoms with Crippen LogP contribution in [0.3, 0.4) is 0 Å². The molecule has 0 aromatic carbocycles. The van der Waals surface area contributed by atoms with Gasteiger partial charge in [0, 0.05) is 12.5 Å². The van der Waals surface area contributed by atoms with Crippen molar-refractivity contribution in [3.05, 3.63) is 11.7 Å². The minimum atomic E-state index is -0.418. The number of rotatable bonds is 2. The molecule has 2 heterocycles. The summed E-state index contributed by atoms with van der Waals surface area (Å²) < 4.78 is 10.5. The first-order chi connectivity index (χ1) is 7.75. The molecule has 5 nitrogen and oxygen atoms in total. The van der Waals surface area contributed by atoms with Crippen LogP contribution in [0.4, 0.5) is 0 Å². The highest BCUT2D eigenvalue weighted by molar-refractivity contribution is 5.09. The van der Waals surface area contributed by atoms with Gasteiger partial charge < -0.3 is 14.4 Å². The summed E-state index contributed by atoms with van der Waals surface area (Å²) in [5, 5.41) is 13.8. The van der Waals surface area contributed by atoms with E-state index in [0.717, 1.165) is 12.2 Å². The number of ether oxygens (including phenoxy) is 1. The van der Waals surface area contributed by atoms with Crippen LogP contribution in [-0.2, 0) is 4.74 Å². The summed E-state index contributed by atoms with van der Waals surface area (Å²) in [6, 6.07) is 0. The molecule has 16 heavy (non-hydrogen) atoms. The van der Waals surface area contributed by atoms with E-state index in [1.165, 1.54) is 0 Å². The molecule has 88 valence electrons. The zero-order valence-electron chi connectivity index (χ0n) is 9.30. The molecule has 0 amide bonds. The fraction of sp³-hybridized carbons (Fsp3) is 0.818. The van der Waals surface area contributed by atoms with Gasteiger partial charge in [-0.15, -0.1) is 0 Å². The molecule has 1 aromatic heterocycles. The van der Waals surface area contributed by atoms with Gasteiger partial charge in [-0.1, -0.05) is 12.1 Å². The van der Waals surface area contributed by atoms with Crippen molar-refractivity contribution in [2.24, 2.45) is 5.92 Å². The molecule has 0 radical (unpaired) electrons. The van der Waals surface area contributed by atoms with Crippen LogP contribution < -0.4 is 0 Å². The highest BCUT2D eigenvalue weighted by Crippen LogP contribution is 2.45. The average Bonchev–Trinajstić information content (AvgIpc) is 2.82. The average molecular weight is 224 g/mol. The molecule has 1 aliphatic heterocycles. The molecule has 5 heteroatoms. The standard InChI is InChI=1S/C11H16N2O3/c1-6-4-7(6)10-12-11(16-13-10)8-5-15-3-2-9(8)14/h6-9,14H,2-5H2,1H3. The van der Waals surface area contributed by atoms with Gasteiger partial charge in [-0.05, 0) is 18.8 Å². The summed E-state index contributed by atoms with van der Waals surface area (Å²) in [4.78, 5) is 4.38. The Kier molecular flexibility index (Phi) is 2.44. The van der Waals surface area contributed by atoms with Crippen molar-refractivity contribution < 1.29 is 14.4 Å². The third-order valence-corrected chi connectivity index (χ3v) is 3.54. The molecule has 1 N–H and O–H groups in total. The molecule has 0 spiro atoms. The van der Waals surface area contributed by atoms with Crippen molar-refractivity contribution in [3.63, 3.8) is 0 Å². The molecule has 4 atom stereocenters. The minimum absolute atomic E-state index is 0.149. The molecule has 1 saturated carbocycles. The van der Waals surface area contributed by atoms with E-state index in [1.807, 2.05) is 0 Å². The van der Waals surface area contributed by atoms with Crippen LogP contribution >= 0.6 is 0 Å². The molecule has 0 bridgehead atoms. The van der Waals surface area contributed by atoms with E-state index in [9.17, 15) is 5.11 Å². The predicted octanol–water partition coefficient (Wildman–Crippen LogP) is 1.06. The van der Waals surface area contributed by atoms with Crippen LogP contribution in [0.25, 0.3) is 0 Å². The molecule has 2 aliphatic rings. The number of hydrogen-bond acceptors (Lipinski definition) is 5. The lowest BCUT2D eigenvalue weighted by atomic mass is 9.99. The maximum Gasteiger partial charge on any atom is 0.234 e. The topological polar surface area (TPSA) is 68.4 Å². The summed E-state index contributed by atoms with van der Waals surface area (Å²) in [6.45, 7) is 3.26. The summed E-state index contributed by atoms with van der Waals surface area (Å²) in [6.07, 6.45) is 1.36. The first kappa shape index (κ1) is 10.2. The van der Waals surface area contributed by atoms with Crippen LogP contribution in [0, 0.1) is 5.92 Å². The number of nitrogens with zero attached hydrogens (tertiary/aromatic N) is 2. The lowest BCUT2D eigenvalue weighted by Crippen LogP contribution is -2.30. The quantitative estimate of drug-likeness (QED) is 0.813. The zero-order chi connectivity index (χ0) is 11.1. The van der Waals surface area contributed by atoms with Crippen LogP contribution in [0.5, 0.6) is 0 Å². The minimum Gasteiger partial charge on any atom is -0.392 e. The molecule has 1 aliphatic carbocycles. The smallest absolute Gasteiger partial charge is 0.234 e. The zero-order valence-corrected chi connectivity index (χ0v) is 9.30. The summed E-state index contributed by atoms with van der Waals surface area (Å²) >= 11 is 0. The second kappa shape index (κ2) is 3.82. The van der Waals surface area contributed by atoms with Crippen molar-refractivity contribution >= 4 is 0 Å². The highest BCUT2D eigenvalue weighted by atomic mass is 16.5. The van der Waals surface area contributed by atoms with Gasteiger partial charge in [0.2, 0.25) is 5.89 Å². The van der Waals surface area contributed by atoms with Crippen molar-refractivity contribution in [2.45, 2.75) is 37.7 Å². The Balaban J connectivity index is 1.75. The van der Waals surface area contributed by atoms with Crippen molar-refractivity contribution in [3.8, 4) is 0 Å². The molecule has 1 saturated heterocycles. The van der Waals surface area contributed by atoms with E-state index in [2.05, 4.69) is 17.1 Å². The lowest BCUT2D eigenvalue weighted by molar-refractivity contribution is -0.0149. The molecular formula is C11H16N2O3. The van der Waals surface area contributed by atoms with Crippen LogP contribution in [0.1, 0.15) is 43.3 Å². The van der Waals surface area contributed by atoms with Crippen molar-refractivity contribution in [1.29, 1.82) is 0 Å². The second-order valence-electron chi connectivity index (χ2n) is 4.85. The van der Waals surface area contributed by atoms with Gasteiger partial charge >= 0.3 is 0 Å². The molecule has 2 fully saturated rings. The Hall–Kier alpha value is -0.940. The van der Waals surface area contributed by atoms with E-state index in [-0.39, 0.29) is 5.92 Å². The van der Waals surface area contributed by atoms with Gasteiger partial charge in [0.1, 0.15) is 0 Å². The second-order valence-corrected chi connectivity index (χ2v) is 4.85. The van der Waals surface area contributed by atoms with E-state index in [4.69, 9.17) is 9.26 Å². The Morgan fingerprint density at radius 1 is 1.38 bits per heavy atom. The largest absolute Gasteiger partial charge is 0.392 e. The number of aliphatic hydroxyl groups excluding tert-OH is 1. The fourth-order valence-corrected chi connectivity index (χ4v) is 2.19. The summed E-state index contributed by atoms with van der Waals surface area (Å²) in [5.74, 6) is 2.29.